The Morgan fingerprint density at radius 3 is 2.44 bits per heavy atom. The van der Waals surface area contributed by atoms with Crippen molar-refractivity contribution in [2.75, 3.05) is 18.8 Å². The van der Waals surface area contributed by atoms with Crippen LogP contribution in [0.4, 0.5) is 5.69 Å². The van der Waals surface area contributed by atoms with Gasteiger partial charge in [-0.05, 0) is 52.6 Å². The first kappa shape index (κ1) is 23.1. The van der Waals surface area contributed by atoms with Crippen LogP contribution >= 0.6 is 0 Å². The molecule has 0 unspecified atom stereocenters. The van der Waals surface area contributed by atoms with Crippen LogP contribution in [-0.4, -0.2) is 25.8 Å². The van der Waals surface area contributed by atoms with Crippen LogP contribution in [0.25, 0.3) is 17.2 Å². The second kappa shape index (κ2) is 10.3. The SMILES string of the molecule is COC(=O)/C=C/c1cccc(N(Cc2ccc(-c3ccc4c(c3)OCO4)cc2)C(=O)C(C)C)c1. The van der Waals surface area contributed by atoms with Crippen molar-refractivity contribution in [3.05, 3.63) is 83.9 Å². The van der Waals surface area contributed by atoms with E-state index in [9.17, 15) is 9.59 Å². The first-order valence-electron chi connectivity index (χ1n) is 11.1. The molecule has 3 aromatic carbocycles. The number of nitrogens with zero attached hydrogens (tertiary/aromatic N) is 1. The normalized spacial score (nSPS) is 12.2. The predicted molar refractivity (Wildman–Crippen MR) is 132 cm³/mol. The van der Waals surface area contributed by atoms with E-state index in [0.29, 0.717) is 6.54 Å². The van der Waals surface area contributed by atoms with Crippen LogP contribution in [0.3, 0.4) is 0 Å². The number of methoxy groups -OCH3 is 1. The molecule has 6 heteroatoms. The summed E-state index contributed by atoms with van der Waals surface area (Å²) in [5.41, 5.74) is 4.68. The summed E-state index contributed by atoms with van der Waals surface area (Å²) in [7, 11) is 1.34. The Morgan fingerprint density at radius 1 is 0.971 bits per heavy atom. The van der Waals surface area contributed by atoms with Crippen molar-refractivity contribution < 1.29 is 23.8 Å². The highest BCUT2D eigenvalue weighted by atomic mass is 16.7. The monoisotopic (exact) mass is 457 g/mol. The van der Waals surface area contributed by atoms with E-state index in [-0.39, 0.29) is 18.6 Å². The Bertz CT molecular complexity index is 1210. The number of hydrogen-bond donors (Lipinski definition) is 0. The van der Waals surface area contributed by atoms with E-state index in [2.05, 4.69) is 4.74 Å². The lowest BCUT2D eigenvalue weighted by molar-refractivity contribution is -0.134. The Labute approximate surface area is 199 Å². The molecule has 4 rings (SSSR count). The zero-order valence-corrected chi connectivity index (χ0v) is 19.5. The van der Waals surface area contributed by atoms with Crippen molar-refractivity contribution in [1.29, 1.82) is 0 Å². The summed E-state index contributed by atoms with van der Waals surface area (Å²) in [6, 6.07) is 21.6. The Kier molecular flexibility index (Phi) is 6.97. The molecule has 6 nitrogen and oxygen atoms in total. The number of ether oxygens (including phenoxy) is 3. The highest BCUT2D eigenvalue weighted by Gasteiger charge is 2.20. The van der Waals surface area contributed by atoms with Gasteiger partial charge in [0.25, 0.3) is 0 Å². The fourth-order valence-corrected chi connectivity index (χ4v) is 3.70. The lowest BCUT2D eigenvalue weighted by Crippen LogP contribution is -2.33. The molecule has 1 amide bonds. The third-order valence-electron chi connectivity index (χ3n) is 5.56. The molecule has 0 spiro atoms. The molecule has 3 aromatic rings. The van der Waals surface area contributed by atoms with Crippen LogP contribution in [0.15, 0.2) is 72.8 Å². The van der Waals surface area contributed by atoms with Crippen molar-refractivity contribution >= 4 is 23.6 Å². The first-order valence-corrected chi connectivity index (χ1v) is 11.1. The van der Waals surface area contributed by atoms with Crippen LogP contribution in [0.2, 0.25) is 0 Å². The second-order valence-electron chi connectivity index (χ2n) is 8.30. The Morgan fingerprint density at radius 2 is 1.71 bits per heavy atom. The van der Waals surface area contributed by atoms with Crippen LogP contribution in [0, 0.1) is 5.92 Å². The van der Waals surface area contributed by atoms with Crippen molar-refractivity contribution in [3.8, 4) is 22.6 Å². The molecule has 1 aliphatic rings. The zero-order valence-electron chi connectivity index (χ0n) is 19.5. The first-order chi connectivity index (χ1) is 16.4. The minimum Gasteiger partial charge on any atom is -0.466 e. The fraction of sp³-hybridized carbons (Fsp3) is 0.214. The summed E-state index contributed by atoms with van der Waals surface area (Å²) >= 11 is 0. The van der Waals surface area contributed by atoms with Crippen LogP contribution in [-0.2, 0) is 20.9 Å². The number of benzene rings is 3. The molecule has 0 saturated heterocycles. The van der Waals surface area contributed by atoms with Crippen molar-refractivity contribution in [2.45, 2.75) is 20.4 Å². The quantitative estimate of drug-likeness (QED) is 0.348. The van der Waals surface area contributed by atoms with E-state index >= 15 is 0 Å². The van der Waals surface area contributed by atoms with Gasteiger partial charge in [0.2, 0.25) is 12.7 Å². The van der Waals surface area contributed by atoms with E-state index < -0.39 is 5.97 Å². The molecule has 1 heterocycles. The van der Waals surface area contributed by atoms with Gasteiger partial charge in [0, 0.05) is 17.7 Å². The van der Waals surface area contributed by atoms with Gasteiger partial charge >= 0.3 is 5.97 Å². The van der Waals surface area contributed by atoms with Crippen molar-refractivity contribution in [2.24, 2.45) is 5.92 Å². The molecule has 174 valence electrons. The summed E-state index contributed by atoms with van der Waals surface area (Å²) in [6.45, 7) is 4.46. The minimum atomic E-state index is -0.428. The number of anilines is 1. The van der Waals surface area contributed by atoms with Gasteiger partial charge in [0.05, 0.1) is 13.7 Å². The molecule has 0 atom stereocenters. The van der Waals surface area contributed by atoms with E-state index in [1.807, 2.05) is 80.6 Å². The van der Waals surface area contributed by atoms with Gasteiger partial charge < -0.3 is 19.1 Å². The maximum atomic E-state index is 13.1. The molecule has 0 bridgehead atoms. The second-order valence-corrected chi connectivity index (χ2v) is 8.30. The maximum absolute atomic E-state index is 13.1. The van der Waals surface area contributed by atoms with Gasteiger partial charge in [-0.2, -0.15) is 0 Å². The molecule has 1 aliphatic heterocycles. The highest BCUT2D eigenvalue weighted by Crippen LogP contribution is 2.36. The summed E-state index contributed by atoms with van der Waals surface area (Å²) < 4.78 is 15.5. The third-order valence-corrected chi connectivity index (χ3v) is 5.56. The molecular formula is C28H27NO5. The number of carbonyl (C=O) groups excluding carboxylic acids is 2. The zero-order chi connectivity index (χ0) is 24.1. The average molecular weight is 458 g/mol. The molecule has 0 radical (unpaired) electrons. The van der Waals surface area contributed by atoms with E-state index in [4.69, 9.17) is 9.47 Å². The molecule has 0 aromatic heterocycles. The van der Waals surface area contributed by atoms with Crippen LogP contribution in [0.5, 0.6) is 11.5 Å². The average Bonchev–Trinajstić information content (AvgIpc) is 3.34. The van der Waals surface area contributed by atoms with Gasteiger partial charge in [-0.1, -0.05) is 56.3 Å². The Balaban J connectivity index is 1.57. The smallest absolute Gasteiger partial charge is 0.330 e. The number of carbonyl (C=O) groups is 2. The molecule has 0 aliphatic carbocycles. The van der Waals surface area contributed by atoms with E-state index in [0.717, 1.165) is 39.4 Å². The minimum absolute atomic E-state index is 0.0222. The number of fused-ring (bicyclic) bond motifs is 1. The summed E-state index contributed by atoms with van der Waals surface area (Å²) in [5.74, 6) is 0.933. The van der Waals surface area contributed by atoms with Crippen LogP contribution in [0.1, 0.15) is 25.0 Å². The molecule has 0 fully saturated rings. The fourth-order valence-electron chi connectivity index (χ4n) is 3.70. The van der Waals surface area contributed by atoms with E-state index in [1.165, 1.54) is 13.2 Å². The predicted octanol–water partition coefficient (Wildman–Crippen LogP) is 5.46. The number of rotatable bonds is 7. The summed E-state index contributed by atoms with van der Waals surface area (Å²) in [6.07, 6.45) is 3.04. The molecule has 0 saturated carbocycles. The summed E-state index contributed by atoms with van der Waals surface area (Å²) in [5, 5.41) is 0. The highest BCUT2D eigenvalue weighted by molar-refractivity contribution is 5.95. The lowest BCUT2D eigenvalue weighted by Gasteiger charge is -2.25. The number of amides is 1. The molecule has 0 N–H and O–H groups in total. The lowest BCUT2D eigenvalue weighted by atomic mass is 10.0. The summed E-state index contributed by atoms with van der Waals surface area (Å²) in [4.78, 5) is 26.3. The number of hydrogen-bond acceptors (Lipinski definition) is 5. The standard InChI is InChI=1S/C28H27NO5/c1-19(2)28(31)29(24-6-4-5-20(15-24)9-14-27(30)32-3)17-21-7-10-22(11-8-21)23-12-13-25-26(16-23)34-18-33-25/h4-16,19H,17-18H2,1-3H3/b14-9+. The molecular weight excluding hydrogens is 430 g/mol. The third kappa shape index (κ3) is 5.29. The van der Waals surface area contributed by atoms with Gasteiger partial charge in [-0.15, -0.1) is 0 Å². The topological polar surface area (TPSA) is 65.1 Å². The van der Waals surface area contributed by atoms with Gasteiger partial charge in [-0.25, -0.2) is 4.79 Å². The largest absolute Gasteiger partial charge is 0.466 e. The molecule has 34 heavy (non-hydrogen) atoms. The van der Waals surface area contributed by atoms with Gasteiger partial charge in [0.15, 0.2) is 11.5 Å². The van der Waals surface area contributed by atoms with Gasteiger partial charge in [-0.3, -0.25) is 4.79 Å². The van der Waals surface area contributed by atoms with Gasteiger partial charge in [0.1, 0.15) is 0 Å². The van der Waals surface area contributed by atoms with Crippen LogP contribution < -0.4 is 14.4 Å². The maximum Gasteiger partial charge on any atom is 0.330 e. The van der Waals surface area contributed by atoms with E-state index in [1.54, 1.807) is 11.0 Å². The Hall–Kier alpha value is -4.06. The van der Waals surface area contributed by atoms with Crippen molar-refractivity contribution in [1.82, 2.24) is 0 Å². The van der Waals surface area contributed by atoms with Crippen molar-refractivity contribution in [3.63, 3.8) is 0 Å². The number of esters is 1.